The highest BCUT2D eigenvalue weighted by Crippen LogP contribution is 2.11. The molecule has 0 saturated heterocycles. The molecule has 0 aromatic heterocycles. The molecule has 0 saturated carbocycles. The first-order valence-electron chi connectivity index (χ1n) is 9.14. The normalized spacial score (nSPS) is 12.1. The Kier molecular flexibility index (Phi) is 7.78. The highest BCUT2D eigenvalue weighted by molar-refractivity contribution is 7.90. The molecule has 1 atom stereocenters. The summed E-state index contributed by atoms with van der Waals surface area (Å²) in [6.07, 6.45) is 1.09. The summed E-state index contributed by atoms with van der Waals surface area (Å²) >= 11 is 0. The molecule has 0 heterocycles. The molecule has 0 aliphatic rings. The van der Waals surface area contributed by atoms with Gasteiger partial charge in [0.1, 0.15) is 21.6 Å². The van der Waals surface area contributed by atoms with Gasteiger partial charge in [-0.15, -0.1) is 0 Å². The van der Waals surface area contributed by atoms with Gasteiger partial charge >= 0.3 is 0 Å². The summed E-state index contributed by atoms with van der Waals surface area (Å²) in [5.41, 5.74) is 2.18. The molecule has 0 aliphatic heterocycles. The summed E-state index contributed by atoms with van der Waals surface area (Å²) < 4.78 is 28.2. The third-order valence-electron chi connectivity index (χ3n) is 4.31. The van der Waals surface area contributed by atoms with Crippen molar-refractivity contribution in [1.29, 1.82) is 0 Å². The Balaban J connectivity index is 2.06. The van der Waals surface area contributed by atoms with E-state index < -0.39 is 27.7 Å². The van der Waals surface area contributed by atoms with Gasteiger partial charge in [0, 0.05) is 18.4 Å². The van der Waals surface area contributed by atoms with E-state index in [1.807, 2.05) is 25.1 Å². The van der Waals surface area contributed by atoms with Crippen LogP contribution in [0, 0.1) is 6.92 Å². The summed E-state index contributed by atoms with van der Waals surface area (Å²) in [6.45, 7) is 2.11. The molecular formula is C21H26N2O5S. The van der Waals surface area contributed by atoms with Crippen LogP contribution in [0.25, 0.3) is 0 Å². The molecule has 2 aromatic carbocycles. The van der Waals surface area contributed by atoms with Gasteiger partial charge in [-0.3, -0.25) is 9.59 Å². The van der Waals surface area contributed by atoms with Crippen LogP contribution in [0.2, 0.25) is 0 Å². The molecular weight excluding hydrogens is 392 g/mol. The molecule has 156 valence electrons. The molecule has 0 unspecified atom stereocenters. The summed E-state index contributed by atoms with van der Waals surface area (Å²) in [7, 11) is -1.71. The van der Waals surface area contributed by atoms with Crippen LogP contribution in [0.5, 0.6) is 5.75 Å². The fraction of sp³-hybridized carbons (Fsp3) is 0.333. The van der Waals surface area contributed by atoms with Crippen molar-refractivity contribution < 1.29 is 22.7 Å². The number of carbonyl (C=O) groups excluding carboxylic acids is 2. The van der Waals surface area contributed by atoms with Gasteiger partial charge in [-0.25, -0.2) is 8.42 Å². The van der Waals surface area contributed by atoms with E-state index in [1.54, 1.807) is 37.4 Å². The fourth-order valence-corrected chi connectivity index (χ4v) is 3.35. The van der Waals surface area contributed by atoms with Crippen molar-refractivity contribution in [2.45, 2.75) is 25.9 Å². The van der Waals surface area contributed by atoms with Crippen molar-refractivity contribution in [3.63, 3.8) is 0 Å². The number of amides is 2. The third-order valence-corrected chi connectivity index (χ3v) is 5.28. The van der Waals surface area contributed by atoms with Gasteiger partial charge in [-0.05, 0) is 43.2 Å². The second-order valence-electron chi connectivity index (χ2n) is 6.88. The second-order valence-corrected chi connectivity index (χ2v) is 9.14. The van der Waals surface area contributed by atoms with Crippen LogP contribution in [0.4, 0.5) is 0 Å². The van der Waals surface area contributed by atoms with Crippen LogP contribution in [-0.4, -0.2) is 45.4 Å². The quantitative estimate of drug-likeness (QED) is 0.647. The van der Waals surface area contributed by atoms with E-state index in [9.17, 15) is 18.0 Å². The molecule has 7 nitrogen and oxygen atoms in total. The summed E-state index contributed by atoms with van der Waals surface area (Å²) in [5, 5.41) is 5.40. The Hall–Kier alpha value is -2.87. The SMILES string of the molecule is COc1ccc(CNC(=O)[C@@H](CCS(C)(=O)=O)NC(=O)c2cccc(C)c2)cc1. The van der Waals surface area contributed by atoms with Crippen molar-refractivity contribution in [1.82, 2.24) is 10.6 Å². The summed E-state index contributed by atoms with van der Waals surface area (Å²) in [4.78, 5) is 25.2. The number of sulfone groups is 1. The minimum Gasteiger partial charge on any atom is -0.497 e. The van der Waals surface area contributed by atoms with Gasteiger partial charge in [-0.1, -0.05) is 29.8 Å². The molecule has 0 aliphatic carbocycles. The van der Waals surface area contributed by atoms with Gasteiger partial charge in [0.05, 0.1) is 12.9 Å². The number of aryl methyl sites for hydroxylation is 1. The predicted molar refractivity (Wildman–Crippen MR) is 112 cm³/mol. The van der Waals surface area contributed by atoms with Gasteiger partial charge < -0.3 is 15.4 Å². The lowest BCUT2D eigenvalue weighted by Crippen LogP contribution is -2.47. The Labute approximate surface area is 171 Å². The summed E-state index contributed by atoms with van der Waals surface area (Å²) in [5.74, 6) is -0.365. The second kappa shape index (κ2) is 10.1. The van der Waals surface area contributed by atoms with E-state index in [1.165, 1.54) is 0 Å². The van der Waals surface area contributed by atoms with Crippen molar-refractivity contribution in [2.24, 2.45) is 0 Å². The third kappa shape index (κ3) is 7.57. The molecule has 0 spiro atoms. The first-order chi connectivity index (χ1) is 13.7. The average molecular weight is 419 g/mol. The zero-order valence-corrected chi connectivity index (χ0v) is 17.6. The number of ether oxygens (including phenoxy) is 1. The first kappa shape index (κ1) is 22.4. The molecule has 0 bridgehead atoms. The van der Waals surface area contributed by atoms with Crippen LogP contribution in [0.3, 0.4) is 0 Å². The number of carbonyl (C=O) groups is 2. The predicted octanol–water partition coefficient (Wildman–Crippen LogP) is 1.85. The smallest absolute Gasteiger partial charge is 0.251 e. The molecule has 8 heteroatoms. The van der Waals surface area contributed by atoms with Crippen molar-refractivity contribution in [3.8, 4) is 5.75 Å². The Morgan fingerprint density at radius 1 is 1.10 bits per heavy atom. The van der Waals surface area contributed by atoms with Gasteiger partial charge in [-0.2, -0.15) is 0 Å². The maximum atomic E-state index is 12.6. The number of benzene rings is 2. The van der Waals surface area contributed by atoms with E-state index >= 15 is 0 Å². The fourth-order valence-electron chi connectivity index (χ4n) is 2.68. The monoisotopic (exact) mass is 418 g/mol. The van der Waals surface area contributed by atoms with Gasteiger partial charge in [0.2, 0.25) is 5.91 Å². The van der Waals surface area contributed by atoms with Crippen LogP contribution in [0.15, 0.2) is 48.5 Å². The van der Waals surface area contributed by atoms with Crippen LogP contribution in [-0.2, 0) is 21.2 Å². The van der Waals surface area contributed by atoms with Gasteiger partial charge in [0.25, 0.3) is 5.91 Å². The Morgan fingerprint density at radius 3 is 2.38 bits per heavy atom. The molecule has 2 rings (SSSR count). The molecule has 0 radical (unpaired) electrons. The standard InChI is InChI=1S/C21H26N2O5S/c1-15-5-4-6-17(13-15)20(24)23-19(11-12-29(3,26)27)21(25)22-14-16-7-9-18(28-2)10-8-16/h4-10,13,19H,11-12,14H2,1-3H3,(H,22,25)(H,23,24)/t19-/m1/s1. The van der Waals surface area contributed by atoms with Crippen LogP contribution >= 0.6 is 0 Å². The minimum atomic E-state index is -3.28. The molecule has 2 N–H and O–H groups in total. The zero-order chi connectivity index (χ0) is 21.4. The number of methoxy groups -OCH3 is 1. The Morgan fingerprint density at radius 2 is 1.79 bits per heavy atom. The maximum absolute atomic E-state index is 12.6. The van der Waals surface area contributed by atoms with E-state index in [0.717, 1.165) is 17.4 Å². The topological polar surface area (TPSA) is 102 Å². The van der Waals surface area contributed by atoms with E-state index in [0.29, 0.717) is 11.3 Å². The van der Waals surface area contributed by atoms with Crippen molar-refractivity contribution in [2.75, 3.05) is 19.1 Å². The lowest BCUT2D eigenvalue weighted by molar-refractivity contribution is -0.123. The molecule has 2 aromatic rings. The minimum absolute atomic E-state index is 0.00909. The number of rotatable bonds is 9. The van der Waals surface area contributed by atoms with Crippen molar-refractivity contribution in [3.05, 3.63) is 65.2 Å². The number of hydrogen-bond acceptors (Lipinski definition) is 5. The maximum Gasteiger partial charge on any atom is 0.251 e. The van der Waals surface area contributed by atoms with E-state index in [4.69, 9.17) is 4.74 Å². The van der Waals surface area contributed by atoms with Gasteiger partial charge in [0.15, 0.2) is 0 Å². The molecule has 0 fully saturated rings. The van der Waals surface area contributed by atoms with E-state index in [-0.39, 0.29) is 18.7 Å². The highest BCUT2D eigenvalue weighted by atomic mass is 32.2. The van der Waals surface area contributed by atoms with Crippen LogP contribution < -0.4 is 15.4 Å². The Bertz CT molecular complexity index is 955. The van der Waals surface area contributed by atoms with Crippen LogP contribution in [0.1, 0.15) is 27.9 Å². The van der Waals surface area contributed by atoms with Crippen molar-refractivity contribution >= 4 is 21.7 Å². The molecule has 2 amide bonds. The highest BCUT2D eigenvalue weighted by Gasteiger charge is 2.23. The average Bonchev–Trinajstić information content (AvgIpc) is 2.68. The number of hydrogen-bond donors (Lipinski definition) is 2. The largest absolute Gasteiger partial charge is 0.497 e. The summed E-state index contributed by atoms with van der Waals surface area (Å²) in [6, 6.07) is 13.2. The lowest BCUT2D eigenvalue weighted by Gasteiger charge is -2.18. The number of nitrogens with one attached hydrogen (secondary N) is 2. The zero-order valence-electron chi connectivity index (χ0n) is 16.8. The molecule has 29 heavy (non-hydrogen) atoms. The van der Waals surface area contributed by atoms with E-state index in [2.05, 4.69) is 10.6 Å². The first-order valence-corrected chi connectivity index (χ1v) is 11.2. The lowest BCUT2D eigenvalue weighted by atomic mass is 10.1.